The second-order valence-corrected chi connectivity index (χ2v) is 6.21. The van der Waals surface area contributed by atoms with Crippen molar-refractivity contribution in [2.45, 2.75) is 57.7 Å². The van der Waals surface area contributed by atoms with Crippen LogP contribution in [0.4, 0.5) is 0 Å². The van der Waals surface area contributed by atoms with Gasteiger partial charge >= 0.3 is 29.6 Å². The molecule has 1 aromatic rings. The molecule has 4 heteroatoms. The van der Waals surface area contributed by atoms with E-state index < -0.39 is 0 Å². The minimum atomic E-state index is 0. The van der Waals surface area contributed by atoms with Crippen molar-refractivity contribution in [1.82, 2.24) is 4.90 Å². The summed E-state index contributed by atoms with van der Waals surface area (Å²) in [6.07, 6.45) is 5.86. The third-order valence-electron chi connectivity index (χ3n) is 4.71. The molecule has 0 amide bonds. The Morgan fingerprint density at radius 1 is 1.24 bits per heavy atom. The molecule has 2 aliphatic rings. The molecule has 3 rings (SSSR count). The topological polar surface area (TPSA) is 50.3 Å². The average molecular weight is 296 g/mol. The van der Waals surface area contributed by atoms with Crippen molar-refractivity contribution in [3.05, 3.63) is 35.9 Å². The van der Waals surface area contributed by atoms with E-state index in [0.717, 1.165) is 13.0 Å². The Bertz CT molecular complexity index is 437. The van der Waals surface area contributed by atoms with Gasteiger partial charge in [0.2, 0.25) is 0 Å². The molecule has 1 aromatic carbocycles. The van der Waals surface area contributed by atoms with Crippen molar-refractivity contribution >= 4 is 5.78 Å². The van der Waals surface area contributed by atoms with Crippen molar-refractivity contribution in [2.75, 3.05) is 0 Å². The maximum absolute atomic E-state index is 11.3. The van der Waals surface area contributed by atoms with Crippen molar-refractivity contribution in [1.29, 1.82) is 0 Å². The number of nitrogens with zero attached hydrogens (tertiary/aromatic N) is 1. The van der Waals surface area contributed by atoms with Crippen LogP contribution in [-0.2, 0) is 11.3 Å². The second kappa shape index (κ2) is 8.44. The van der Waals surface area contributed by atoms with Crippen molar-refractivity contribution < 1.29 is 39.8 Å². The molecule has 110 valence electrons. The van der Waals surface area contributed by atoms with Gasteiger partial charge in [-0.1, -0.05) is 0 Å². The monoisotopic (exact) mass is 296 g/mol. The van der Waals surface area contributed by atoms with Crippen LogP contribution < -0.4 is 29.6 Å². The molecular weight excluding hydrogens is 273 g/mol. The second-order valence-electron chi connectivity index (χ2n) is 6.21. The molecule has 2 heterocycles. The summed E-state index contributed by atoms with van der Waals surface area (Å²) in [6, 6.07) is 12.8. The van der Waals surface area contributed by atoms with Crippen LogP contribution in [0.25, 0.3) is 0 Å². The van der Waals surface area contributed by atoms with E-state index in [0.29, 0.717) is 23.8 Å². The van der Waals surface area contributed by atoms with Gasteiger partial charge in [-0.25, -0.2) is 0 Å². The maximum atomic E-state index is 11.3. The molecule has 2 bridgehead atoms. The fraction of sp³-hybridized carbons (Fsp3) is 0.588. The van der Waals surface area contributed by atoms with Crippen LogP contribution in [0.3, 0.4) is 0 Å². The normalized spacial score (nSPS) is 27.6. The van der Waals surface area contributed by atoms with Gasteiger partial charge in [-0.2, -0.15) is 30.3 Å². The number of carbonyl (C=O) groups is 1. The number of benzene rings is 1. The van der Waals surface area contributed by atoms with E-state index in [1.807, 2.05) is 12.1 Å². The Hall–Kier alpha value is -0.190. The smallest absolute Gasteiger partial charge is 0.870 e. The molecule has 0 saturated carbocycles. The Labute approximate surface area is 149 Å². The zero-order valence-electron chi connectivity index (χ0n) is 13.1. The van der Waals surface area contributed by atoms with E-state index in [1.165, 1.54) is 31.2 Å². The Balaban J connectivity index is 0.00000110. The Morgan fingerprint density at radius 3 is 2.33 bits per heavy atom. The van der Waals surface area contributed by atoms with Crippen LogP contribution in [0.1, 0.15) is 44.6 Å². The molecule has 0 spiro atoms. The quantitative estimate of drug-likeness (QED) is 0.582. The number of fused-ring (bicyclic) bond motifs is 2. The zero-order valence-corrected chi connectivity index (χ0v) is 15.1. The summed E-state index contributed by atoms with van der Waals surface area (Å²) in [5.41, 5.74) is 1.39. The summed E-state index contributed by atoms with van der Waals surface area (Å²) >= 11 is 0. The molecule has 21 heavy (non-hydrogen) atoms. The standard InChI is InChI=1S/C17H22NO.Na.H2O/c1-13(19)9-15-10-16-7-8-17(11-15)18(16)12-14-5-3-2-4-6-14;;/h3-6,15-17H,7-12H2,1H3;;1H2/q-1;+1;/p-1/t15?,16-,17+;;. The number of hydrogen-bond donors (Lipinski definition) is 0. The SMILES string of the molecule is CC(=O)CC1C[C@H]2CC[C@@H](C1)N2Cc1cc[c-]cc1.[Na+].[OH-]. The van der Waals surface area contributed by atoms with E-state index in [4.69, 9.17) is 0 Å². The van der Waals surface area contributed by atoms with Crippen molar-refractivity contribution in [3.63, 3.8) is 0 Å². The predicted molar refractivity (Wildman–Crippen MR) is 77.6 cm³/mol. The van der Waals surface area contributed by atoms with Gasteiger partial charge in [0, 0.05) is 25.0 Å². The summed E-state index contributed by atoms with van der Waals surface area (Å²) in [7, 11) is 0. The molecule has 1 unspecified atom stereocenters. The van der Waals surface area contributed by atoms with Crippen LogP contribution in [-0.4, -0.2) is 28.2 Å². The van der Waals surface area contributed by atoms with Crippen LogP contribution >= 0.6 is 0 Å². The van der Waals surface area contributed by atoms with Gasteiger partial charge in [0.05, 0.1) is 0 Å². The number of Topliss-reactive ketones (excluding diaryl/α,β-unsaturated/α-hetero) is 1. The molecule has 2 saturated heterocycles. The molecule has 0 aromatic heterocycles. The first-order valence-electron chi connectivity index (χ1n) is 7.42. The number of ketones is 1. The minimum absolute atomic E-state index is 0. The van der Waals surface area contributed by atoms with Crippen LogP contribution in [0.2, 0.25) is 0 Å². The number of piperidine rings is 1. The fourth-order valence-electron chi connectivity index (χ4n) is 3.96. The average Bonchev–Trinajstić information content (AvgIpc) is 2.62. The molecular formula is C17H23NNaO2-. The number of hydrogen-bond acceptors (Lipinski definition) is 3. The molecule has 2 fully saturated rings. The van der Waals surface area contributed by atoms with E-state index in [-0.39, 0.29) is 35.0 Å². The molecule has 0 radical (unpaired) electrons. The van der Waals surface area contributed by atoms with Gasteiger partial charge in [-0.15, -0.1) is 5.56 Å². The molecule has 3 atom stereocenters. The van der Waals surface area contributed by atoms with E-state index in [2.05, 4.69) is 23.1 Å². The van der Waals surface area contributed by atoms with Crippen molar-refractivity contribution in [3.8, 4) is 0 Å². The summed E-state index contributed by atoms with van der Waals surface area (Å²) in [4.78, 5) is 14.0. The van der Waals surface area contributed by atoms with Gasteiger partial charge in [-0.3, -0.25) is 4.90 Å². The zero-order chi connectivity index (χ0) is 13.2. The van der Waals surface area contributed by atoms with Crippen LogP contribution in [0.5, 0.6) is 0 Å². The Morgan fingerprint density at radius 2 is 1.81 bits per heavy atom. The molecule has 1 N–H and O–H groups in total. The van der Waals surface area contributed by atoms with Gasteiger partial charge < -0.3 is 10.3 Å². The van der Waals surface area contributed by atoms with Crippen LogP contribution in [0, 0.1) is 12.0 Å². The first-order chi connectivity index (χ1) is 9.22. The summed E-state index contributed by atoms with van der Waals surface area (Å²) in [5, 5.41) is 0. The van der Waals surface area contributed by atoms with E-state index in [9.17, 15) is 4.79 Å². The first kappa shape index (κ1) is 18.9. The minimum Gasteiger partial charge on any atom is -0.870 e. The fourth-order valence-corrected chi connectivity index (χ4v) is 3.96. The van der Waals surface area contributed by atoms with Crippen molar-refractivity contribution in [2.24, 2.45) is 5.92 Å². The molecule has 3 nitrogen and oxygen atoms in total. The van der Waals surface area contributed by atoms with Gasteiger partial charge in [0.25, 0.3) is 0 Å². The van der Waals surface area contributed by atoms with E-state index >= 15 is 0 Å². The third kappa shape index (κ3) is 4.64. The van der Waals surface area contributed by atoms with Gasteiger partial charge in [-0.05, 0) is 38.5 Å². The summed E-state index contributed by atoms with van der Waals surface area (Å²) in [5.74, 6) is 0.992. The molecule has 0 aliphatic carbocycles. The largest absolute Gasteiger partial charge is 1.00 e. The third-order valence-corrected chi connectivity index (χ3v) is 4.71. The van der Waals surface area contributed by atoms with E-state index in [1.54, 1.807) is 6.92 Å². The van der Waals surface area contributed by atoms with Gasteiger partial charge in [0.15, 0.2) is 0 Å². The predicted octanol–water partition coefficient (Wildman–Crippen LogP) is 0.0361. The van der Waals surface area contributed by atoms with Crippen LogP contribution in [0.15, 0.2) is 24.3 Å². The summed E-state index contributed by atoms with van der Waals surface area (Å²) < 4.78 is 0. The summed E-state index contributed by atoms with van der Waals surface area (Å²) in [6.45, 7) is 2.80. The Kier molecular flexibility index (Phi) is 7.58. The number of carbonyl (C=O) groups excluding carboxylic acids is 1. The first-order valence-corrected chi connectivity index (χ1v) is 7.42. The van der Waals surface area contributed by atoms with Gasteiger partial charge in [0.1, 0.15) is 5.78 Å². The maximum Gasteiger partial charge on any atom is 1.00 e. The molecule has 2 aliphatic heterocycles. The number of rotatable bonds is 4.